The number of halogens is 1. The van der Waals surface area contributed by atoms with Crippen molar-refractivity contribution in [3.8, 4) is 0 Å². The van der Waals surface area contributed by atoms with Crippen LogP contribution in [0.15, 0.2) is 71.3 Å². The standard InChI is InChI=1S/C21H18ClN3O2/c1-14(23-21(26)19-11-6-12-27-19)20-24-17-9-4-5-10-18(17)25(20)13-15-7-2-3-8-16(15)22/h2-12,14H,13H2,1H3,(H,23,26)/t14-/m1/s1. The maximum atomic E-state index is 12.4. The predicted octanol–water partition coefficient (Wildman–Crippen LogP) is 4.82. The number of hydrogen-bond donors (Lipinski definition) is 1. The summed E-state index contributed by atoms with van der Waals surface area (Å²) in [5.74, 6) is 0.760. The molecule has 0 aliphatic carbocycles. The van der Waals surface area contributed by atoms with E-state index in [1.54, 1.807) is 12.1 Å². The van der Waals surface area contributed by atoms with Crippen molar-refractivity contribution in [3.63, 3.8) is 0 Å². The van der Waals surface area contributed by atoms with Crippen molar-refractivity contribution >= 4 is 28.5 Å². The third kappa shape index (κ3) is 3.46. The number of hydrogen-bond acceptors (Lipinski definition) is 3. The molecular formula is C21H18ClN3O2. The number of benzene rings is 2. The van der Waals surface area contributed by atoms with Crippen LogP contribution in [0.2, 0.25) is 5.02 Å². The summed E-state index contributed by atoms with van der Waals surface area (Å²) in [4.78, 5) is 17.1. The fourth-order valence-electron chi connectivity index (χ4n) is 3.13. The van der Waals surface area contributed by atoms with Crippen molar-refractivity contribution in [2.45, 2.75) is 19.5 Å². The van der Waals surface area contributed by atoms with Gasteiger partial charge in [-0.2, -0.15) is 0 Å². The second-order valence-electron chi connectivity index (χ2n) is 6.31. The van der Waals surface area contributed by atoms with E-state index in [0.717, 1.165) is 22.4 Å². The number of imidazole rings is 1. The highest BCUT2D eigenvalue weighted by atomic mass is 35.5. The van der Waals surface area contributed by atoms with Gasteiger partial charge >= 0.3 is 0 Å². The van der Waals surface area contributed by atoms with Crippen LogP contribution < -0.4 is 5.32 Å². The first-order valence-corrected chi connectivity index (χ1v) is 9.04. The van der Waals surface area contributed by atoms with Crippen LogP contribution in [0.5, 0.6) is 0 Å². The summed E-state index contributed by atoms with van der Waals surface area (Å²) in [6.45, 7) is 2.47. The van der Waals surface area contributed by atoms with E-state index in [1.807, 2.05) is 55.5 Å². The van der Waals surface area contributed by atoms with Gasteiger partial charge in [-0.15, -0.1) is 0 Å². The van der Waals surface area contributed by atoms with Crippen molar-refractivity contribution in [2.75, 3.05) is 0 Å². The summed E-state index contributed by atoms with van der Waals surface area (Å²) < 4.78 is 7.26. The van der Waals surface area contributed by atoms with Crippen LogP contribution in [0, 0.1) is 0 Å². The minimum absolute atomic E-state index is 0.274. The zero-order chi connectivity index (χ0) is 18.8. The molecule has 27 heavy (non-hydrogen) atoms. The quantitative estimate of drug-likeness (QED) is 0.540. The summed E-state index contributed by atoms with van der Waals surface area (Å²) in [5.41, 5.74) is 2.86. The molecule has 0 bridgehead atoms. The van der Waals surface area contributed by atoms with Crippen LogP contribution in [-0.4, -0.2) is 15.5 Å². The Bertz CT molecular complexity index is 1090. The molecule has 0 radical (unpaired) electrons. The largest absolute Gasteiger partial charge is 0.459 e. The molecule has 0 saturated carbocycles. The number of fused-ring (bicyclic) bond motifs is 1. The summed E-state index contributed by atoms with van der Waals surface area (Å²) in [7, 11) is 0. The smallest absolute Gasteiger partial charge is 0.287 e. The monoisotopic (exact) mass is 379 g/mol. The number of nitrogens with one attached hydrogen (secondary N) is 1. The van der Waals surface area contributed by atoms with Gasteiger partial charge in [-0.3, -0.25) is 4.79 Å². The maximum absolute atomic E-state index is 12.4. The van der Waals surface area contributed by atoms with Crippen LogP contribution in [0.4, 0.5) is 0 Å². The van der Waals surface area contributed by atoms with Crippen LogP contribution in [0.3, 0.4) is 0 Å². The van der Waals surface area contributed by atoms with Crippen molar-refractivity contribution < 1.29 is 9.21 Å². The van der Waals surface area contributed by atoms with Gasteiger partial charge in [0.1, 0.15) is 5.82 Å². The van der Waals surface area contributed by atoms with Gasteiger partial charge in [0.25, 0.3) is 5.91 Å². The van der Waals surface area contributed by atoms with Gasteiger partial charge in [-0.1, -0.05) is 41.9 Å². The van der Waals surface area contributed by atoms with Gasteiger partial charge in [0.05, 0.1) is 29.9 Å². The number of rotatable bonds is 5. The Morgan fingerprint density at radius 3 is 2.70 bits per heavy atom. The average molecular weight is 380 g/mol. The fourth-order valence-corrected chi connectivity index (χ4v) is 3.32. The summed E-state index contributed by atoms with van der Waals surface area (Å²) in [5, 5.41) is 3.65. The van der Waals surface area contributed by atoms with Crippen LogP contribution in [-0.2, 0) is 6.54 Å². The highest BCUT2D eigenvalue weighted by Crippen LogP contribution is 2.25. The number of nitrogens with zero attached hydrogens (tertiary/aromatic N) is 2. The van der Waals surface area contributed by atoms with E-state index < -0.39 is 0 Å². The first-order valence-electron chi connectivity index (χ1n) is 8.66. The normalized spacial score (nSPS) is 12.2. The Kier molecular flexibility index (Phi) is 4.69. The minimum Gasteiger partial charge on any atom is -0.459 e. The molecule has 1 amide bonds. The number of carbonyl (C=O) groups excluding carboxylic acids is 1. The zero-order valence-corrected chi connectivity index (χ0v) is 15.5. The second-order valence-corrected chi connectivity index (χ2v) is 6.72. The lowest BCUT2D eigenvalue weighted by Crippen LogP contribution is -2.28. The third-order valence-corrected chi connectivity index (χ3v) is 4.82. The summed E-state index contributed by atoms with van der Waals surface area (Å²) >= 11 is 6.36. The molecule has 2 aromatic heterocycles. The molecule has 2 heterocycles. The first-order chi connectivity index (χ1) is 13.1. The van der Waals surface area contributed by atoms with Crippen molar-refractivity contribution in [1.29, 1.82) is 0 Å². The molecule has 0 unspecified atom stereocenters. The fraction of sp³-hybridized carbons (Fsp3) is 0.143. The molecule has 0 aliphatic heterocycles. The van der Waals surface area contributed by atoms with Crippen molar-refractivity contribution in [1.82, 2.24) is 14.9 Å². The molecule has 2 aromatic carbocycles. The summed E-state index contributed by atoms with van der Waals surface area (Å²) in [6, 6.07) is 18.7. The number of carbonyl (C=O) groups is 1. The predicted molar refractivity (Wildman–Crippen MR) is 105 cm³/mol. The Labute approximate surface area is 161 Å². The molecule has 0 fully saturated rings. The zero-order valence-electron chi connectivity index (χ0n) is 14.7. The van der Waals surface area contributed by atoms with E-state index in [2.05, 4.69) is 9.88 Å². The number of para-hydroxylation sites is 2. The molecule has 1 atom stereocenters. The lowest BCUT2D eigenvalue weighted by Gasteiger charge is -2.16. The number of furan rings is 1. The minimum atomic E-state index is -0.308. The Hall–Kier alpha value is -3.05. The molecular weight excluding hydrogens is 362 g/mol. The molecule has 0 saturated heterocycles. The van der Waals surface area contributed by atoms with E-state index in [9.17, 15) is 4.79 Å². The van der Waals surface area contributed by atoms with Crippen LogP contribution in [0.25, 0.3) is 11.0 Å². The second kappa shape index (κ2) is 7.29. The Morgan fingerprint density at radius 2 is 1.93 bits per heavy atom. The van der Waals surface area contributed by atoms with E-state index >= 15 is 0 Å². The van der Waals surface area contributed by atoms with Crippen molar-refractivity contribution in [3.05, 3.63) is 89.1 Å². The number of amides is 1. The van der Waals surface area contributed by atoms with Gasteiger partial charge in [0.15, 0.2) is 5.76 Å². The lowest BCUT2D eigenvalue weighted by molar-refractivity contribution is 0.0909. The molecule has 6 heteroatoms. The summed E-state index contributed by atoms with van der Waals surface area (Å²) in [6.07, 6.45) is 1.48. The van der Waals surface area contributed by atoms with E-state index in [1.165, 1.54) is 6.26 Å². The Morgan fingerprint density at radius 1 is 1.15 bits per heavy atom. The molecule has 0 spiro atoms. The molecule has 4 rings (SSSR count). The van der Waals surface area contributed by atoms with Crippen LogP contribution in [0.1, 0.15) is 34.9 Å². The number of aromatic nitrogens is 2. The first kappa shape index (κ1) is 17.4. The lowest BCUT2D eigenvalue weighted by atomic mass is 10.2. The maximum Gasteiger partial charge on any atom is 0.287 e. The van der Waals surface area contributed by atoms with E-state index in [0.29, 0.717) is 11.6 Å². The Balaban J connectivity index is 1.71. The average Bonchev–Trinajstić information content (AvgIpc) is 3.32. The molecule has 5 nitrogen and oxygen atoms in total. The SMILES string of the molecule is C[C@@H](NC(=O)c1ccco1)c1nc2ccccc2n1Cc1ccccc1Cl. The van der Waals surface area contributed by atoms with E-state index in [-0.39, 0.29) is 17.7 Å². The molecule has 136 valence electrons. The molecule has 4 aromatic rings. The van der Waals surface area contributed by atoms with Crippen LogP contribution >= 0.6 is 11.6 Å². The van der Waals surface area contributed by atoms with Gasteiger partial charge in [0.2, 0.25) is 0 Å². The topological polar surface area (TPSA) is 60.1 Å². The third-order valence-electron chi connectivity index (χ3n) is 4.45. The van der Waals surface area contributed by atoms with Gasteiger partial charge in [0, 0.05) is 5.02 Å². The van der Waals surface area contributed by atoms with Gasteiger partial charge in [-0.25, -0.2) is 4.98 Å². The highest BCUT2D eigenvalue weighted by molar-refractivity contribution is 6.31. The molecule has 1 N–H and O–H groups in total. The highest BCUT2D eigenvalue weighted by Gasteiger charge is 2.20. The van der Waals surface area contributed by atoms with E-state index in [4.69, 9.17) is 21.0 Å². The van der Waals surface area contributed by atoms with Gasteiger partial charge in [-0.05, 0) is 42.8 Å². The van der Waals surface area contributed by atoms with Gasteiger partial charge < -0.3 is 14.3 Å². The molecule has 0 aliphatic rings. The van der Waals surface area contributed by atoms with Crippen molar-refractivity contribution in [2.24, 2.45) is 0 Å².